The number of fused-ring (bicyclic) bond motifs is 3. The zero-order valence-electron chi connectivity index (χ0n) is 12.4. The van der Waals surface area contributed by atoms with Gasteiger partial charge in [0.1, 0.15) is 5.82 Å². The van der Waals surface area contributed by atoms with Crippen molar-refractivity contribution in [3.8, 4) is 0 Å². The Hall–Kier alpha value is -1.92. The molecule has 4 rings (SSSR count). The Balaban J connectivity index is 1.66. The fraction of sp³-hybridized carbons (Fsp3) is 0.438. The van der Waals surface area contributed by atoms with E-state index in [0.29, 0.717) is 11.4 Å². The lowest BCUT2D eigenvalue weighted by atomic mass is 9.91. The highest BCUT2D eigenvalue weighted by atomic mass is 19.1. The second-order valence-electron chi connectivity index (χ2n) is 6.04. The SMILES string of the molecule is NCCN1CCC(c2c[nH]n3c2nc2cc(F)ccc23)CC1. The summed E-state index contributed by atoms with van der Waals surface area (Å²) >= 11 is 0. The molecule has 1 aliphatic heterocycles. The van der Waals surface area contributed by atoms with Gasteiger partial charge in [-0.3, -0.25) is 5.10 Å². The molecule has 0 aliphatic carbocycles. The Bertz CT molecular complexity index is 797. The summed E-state index contributed by atoms with van der Waals surface area (Å²) in [6.07, 6.45) is 4.28. The fourth-order valence-electron chi connectivity index (χ4n) is 3.53. The first kappa shape index (κ1) is 13.7. The molecule has 0 spiro atoms. The van der Waals surface area contributed by atoms with Gasteiger partial charge in [0.15, 0.2) is 5.65 Å². The summed E-state index contributed by atoms with van der Waals surface area (Å²) in [4.78, 5) is 7.04. The van der Waals surface area contributed by atoms with Crippen LogP contribution in [0.2, 0.25) is 0 Å². The van der Waals surface area contributed by atoms with Crippen LogP contribution in [0.1, 0.15) is 24.3 Å². The zero-order chi connectivity index (χ0) is 15.1. The summed E-state index contributed by atoms with van der Waals surface area (Å²) in [6.45, 7) is 3.85. The van der Waals surface area contributed by atoms with E-state index < -0.39 is 0 Å². The minimum Gasteiger partial charge on any atom is -0.329 e. The highest BCUT2D eigenvalue weighted by Gasteiger charge is 2.24. The van der Waals surface area contributed by atoms with Gasteiger partial charge in [-0.15, -0.1) is 0 Å². The van der Waals surface area contributed by atoms with Crippen LogP contribution in [-0.4, -0.2) is 45.7 Å². The van der Waals surface area contributed by atoms with Crippen molar-refractivity contribution in [2.24, 2.45) is 5.73 Å². The smallest absolute Gasteiger partial charge is 0.157 e. The molecule has 6 heteroatoms. The van der Waals surface area contributed by atoms with Crippen LogP contribution in [0.15, 0.2) is 24.4 Å². The van der Waals surface area contributed by atoms with Gasteiger partial charge in [-0.2, -0.15) is 0 Å². The van der Waals surface area contributed by atoms with Crippen LogP contribution in [0, 0.1) is 5.82 Å². The summed E-state index contributed by atoms with van der Waals surface area (Å²) in [5.41, 5.74) is 9.42. The number of imidazole rings is 1. The van der Waals surface area contributed by atoms with E-state index in [1.807, 2.05) is 10.7 Å². The molecular formula is C16H20FN5. The van der Waals surface area contributed by atoms with Crippen molar-refractivity contribution >= 4 is 16.7 Å². The second-order valence-corrected chi connectivity index (χ2v) is 6.04. The zero-order valence-corrected chi connectivity index (χ0v) is 12.4. The molecule has 3 heterocycles. The first-order valence-corrected chi connectivity index (χ1v) is 7.83. The van der Waals surface area contributed by atoms with E-state index in [4.69, 9.17) is 5.73 Å². The van der Waals surface area contributed by atoms with E-state index in [1.54, 1.807) is 6.07 Å². The van der Waals surface area contributed by atoms with E-state index in [9.17, 15) is 4.39 Å². The molecule has 116 valence electrons. The van der Waals surface area contributed by atoms with E-state index in [-0.39, 0.29) is 5.82 Å². The number of nitrogens with one attached hydrogen (secondary N) is 1. The van der Waals surface area contributed by atoms with Gasteiger partial charge in [-0.05, 0) is 44.0 Å². The van der Waals surface area contributed by atoms with Crippen molar-refractivity contribution in [2.45, 2.75) is 18.8 Å². The largest absolute Gasteiger partial charge is 0.329 e. The minimum atomic E-state index is -0.245. The van der Waals surface area contributed by atoms with E-state index in [2.05, 4.69) is 15.0 Å². The van der Waals surface area contributed by atoms with E-state index >= 15 is 0 Å². The highest BCUT2D eigenvalue weighted by molar-refractivity contribution is 5.81. The molecule has 3 aromatic rings. The van der Waals surface area contributed by atoms with E-state index in [1.165, 1.54) is 17.7 Å². The number of rotatable bonds is 3. The molecule has 0 amide bonds. The quantitative estimate of drug-likeness (QED) is 0.778. The van der Waals surface area contributed by atoms with Crippen molar-refractivity contribution in [3.05, 3.63) is 35.8 Å². The third kappa shape index (κ3) is 2.19. The van der Waals surface area contributed by atoms with Gasteiger partial charge in [0.2, 0.25) is 0 Å². The Kier molecular flexibility index (Phi) is 3.35. The van der Waals surface area contributed by atoms with Crippen LogP contribution in [0.25, 0.3) is 16.7 Å². The number of H-pyrrole nitrogens is 1. The lowest BCUT2D eigenvalue weighted by Gasteiger charge is -2.31. The fourth-order valence-corrected chi connectivity index (χ4v) is 3.53. The lowest BCUT2D eigenvalue weighted by Crippen LogP contribution is -2.36. The predicted octanol–water partition coefficient (Wildman–Crippen LogP) is 2.09. The third-order valence-electron chi connectivity index (χ3n) is 4.70. The van der Waals surface area contributed by atoms with Gasteiger partial charge in [-0.25, -0.2) is 13.9 Å². The van der Waals surface area contributed by atoms with Crippen LogP contribution in [0.3, 0.4) is 0 Å². The summed E-state index contributed by atoms with van der Waals surface area (Å²) in [6, 6.07) is 4.74. The van der Waals surface area contributed by atoms with Crippen LogP contribution in [0.5, 0.6) is 0 Å². The minimum absolute atomic E-state index is 0.245. The number of nitrogens with two attached hydrogens (primary N) is 1. The number of aromatic amines is 1. The molecule has 0 atom stereocenters. The lowest BCUT2D eigenvalue weighted by molar-refractivity contribution is 0.218. The van der Waals surface area contributed by atoms with Crippen molar-refractivity contribution < 1.29 is 4.39 Å². The van der Waals surface area contributed by atoms with Crippen molar-refractivity contribution in [2.75, 3.05) is 26.2 Å². The molecule has 0 unspecified atom stereocenters. The molecule has 1 aromatic carbocycles. The Labute approximate surface area is 127 Å². The molecule has 1 aliphatic rings. The van der Waals surface area contributed by atoms with Gasteiger partial charge < -0.3 is 10.6 Å². The average Bonchev–Trinajstić information content (AvgIpc) is 3.07. The molecule has 0 radical (unpaired) electrons. The Morgan fingerprint density at radius 2 is 2.14 bits per heavy atom. The van der Waals surface area contributed by atoms with Gasteiger partial charge >= 0.3 is 0 Å². The molecule has 1 saturated heterocycles. The molecular weight excluding hydrogens is 281 g/mol. The second kappa shape index (κ2) is 5.37. The number of halogens is 1. The summed E-state index contributed by atoms with van der Waals surface area (Å²) in [7, 11) is 0. The van der Waals surface area contributed by atoms with Crippen molar-refractivity contribution in [1.29, 1.82) is 0 Å². The molecule has 2 aromatic heterocycles. The molecule has 1 fully saturated rings. The number of likely N-dealkylation sites (tertiary alicyclic amines) is 1. The van der Waals surface area contributed by atoms with Gasteiger partial charge in [0.05, 0.1) is 11.0 Å². The van der Waals surface area contributed by atoms with Gasteiger partial charge in [0.25, 0.3) is 0 Å². The summed E-state index contributed by atoms with van der Waals surface area (Å²) < 4.78 is 15.3. The first-order valence-electron chi connectivity index (χ1n) is 7.83. The normalized spacial score (nSPS) is 17.7. The molecule has 22 heavy (non-hydrogen) atoms. The van der Waals surface area contributed by atoms with Crippen molar-refractivity contribution in [1.82, 2.24) is 19.5 Å². The number of benzene rings is 1. The molecule has 0 bridgehead atoms. The monoisotopic (exact) mass is 301 g/mol. The number of nitrogens with zero attached hydrogens (tertiary/aromatic N) is 3. The Morgan fingerprint density at radius 3 is 2.91 bits per heavy atom. The predicted molar refractivity (Wildman–Crippen MR) is 84.5 cm³/mol. The molecule has 5 nitrogen and oxygen atoms in total. The van der Waals surface area contributed by atoms with Crippen LogP contribution < -0.4 is 5.73 Å². The number of hydrogen-bond acceptors (Lipinski definition) is 3. The highest BCUT2D eigenvalue weighted by Crippen LogP contribution is 2.31. The first-order chi connectivity index (χ1) is 10.8. The Morgan fingerprint density at radius 1 is 1.32 bits per heavy atom. The van der Waals surface area contributed by atoms with Crippen molar-refractivity contribution in [3.63, 3.8) is 0 Å². The molecule has 0 saturated carbocycles. The van der Waals surface area contributed by atoms with E-state index in [0.717, 1.165) is 50.2 Å². The third-order valence-corrected chi connectivity index (χ3v) is 4.70. The average molecular weight is 301 g/mol. The maximum Gasteiger partial charge on any atom is 0.157 e. The maximum absolute atomic E-state index is 13.4. The topological polar surface area (TPSA) is 62.3 Å². The van der Waals surface area contributed by atoms with Crippen LogP contribution in [-0.2, 0) is 0 Å². The summed E-state index contributed by atoms with van der Waals surface area (Å²) in [5.74, 6) is 0.259. The standard InChI is InChI=1S/C16H20FN5/c17-12-1-2-15-14(9-12)20-16-13(10-19-22(15)16)11-3-6-21(7-4-11)8-5-18/h1-2,9-11,19H,3-8,18H2. The molecule has 3 N–H and O–H groups in total. The van der Waals surface area contributed by atoms with Gasteiger partial charge in [-0.1, -0.05) is 0 Å². The van der Waals surface area contributed by atoms with Crippen LogP contribution >= 0.6 is 0 Å². The number of aromatic nitrogens is 3. The van der Waals surface area contributed by atoms with Gasteiger partial charge in [0, 0.05) is 30.9 Å². The maximum atomic E-state index is 13.4. The number of hydrogen-bond donors (Lipinski definition) is 2. The summed E-state index contributed by atoms with van der Waals surface area (Å²) in [5, 5.41) is 3.26. The van der Waals surface area contributed by atoms with Crippen LogP contribution in [0.4, 0.5) is 4.39 Å². The number of piperidine rings is 1.